The van der Waals surface area contributed by atoms with Gasteiger partial charge in [0.05, 0.1) is 22.6 Å². The molecular formula is C17H14ClF3N4O2. The second-order valence-corrected chi connectivity index (χ2v) is 6.34. The van der Waals surface area contributed by atoms with Gasteiger partial charge in [-0.25, -0.2) is 4.98 Å². The number of benzene rings is 1. The summed E-state index contributed by atoms with van der Waals surface area (Å²) in [5, 5.41) is 1.99. The molecule has 142 valence electrons. The van der Waals surface area contributed by atoms with E-state index in [1.54, 1.807) is 13.0 Å². The number of carbonyl (C=O) groups is 1. The van der Waals surface area contributed by atoms with Crippen molar-refractivity contribution in [1.82, 2.24) is 19.9 Å². The highest BCUT2D eigenvalue weighted by Gasteiger charge is 2.32. The molecule has 0 spiro atoms. The molecule has 0 saturated carbocycles. The first kappa shape index (κ1) is 19.0. The van der Waals surface area contributed by atoms with E-state index in [4.69, 9.17) is 11.6 Å². The number of rotatable bonds is 4. The second-order valence-electron chi connectivity index (χ2n) is 5.94. The Hall–Kier alpha value is -2.81. The van der Waals surface area contributed by atoms with Gasteiger partial charge in [-0.05, 0) is 25.1 Å². The SMILES string of the molecule is CC(NC(=O)Cn1cc(C(F)(F)F)cc(Cl)c1=O)c1nc2ccccc2[nH]1. The highest BCUT2D eigenvalue weighted by atomic mass is 35.5. The number of hydrogen-bond acceptors (Lipinski definition) is 3. The molecule has 0 aliphatic carbocycles. The number of nitrogens with zero attached hydrogens (tertiary/aromatic N) is 2. The Morgan fingerprint density at radius 1 is 1.37 bits per heavy atom. The number of carbonyl (C=O) groups excluding carboxylic acids is 1. The molecule has 3 rings (SSSR count). The summed E-state index contributed by atoms with van der Waals surface area (Å²) < 4.78 is 39.2. The van der Waals surface area contributed by atoms with Crippen LogP contribution in [0.4, 0.5) is 13.2 Å². The van der Waals surface area contributed by atoms with Crippen LogP contribution in [0.15, 0.2) is 41.3 Å². The molecule has 27 heavy (non-hydrogen) atoms. The van der Waals surface area contributed by atoms with Crippen molar-refractivity contribution in [3.05, 3.63) is 63.3 Å². The van der Waals surface area contributed by atoms with E-state index in [-0.39, 0.29) is 0 Å². The zero-order chi connectivity index (χ0) is 19.8. The number of H-pyrrole nitrogens is 1. The number of halogens is 4. The number of nitrogens with one attached hydrogen (secondary N) is 2. The molecule has 0 bridgehead atoms. The normalized spacial score (nSPS) is 12.9. The molecule has 0 saturated heterocycles. The smallest absolute Gasteiger partial charge is 0.345 e. The Kier molecular flexibility index (Phi) is 4.97. The number of hydrogen-bond donors (Lipinski definition) is 2. The summed E-state index contributed by atoms with van der Waals surface area (Å²) in [5.41, 5.74) is -0.481. The van der Waals surface area contributed by atoms with Gasteiger partial charge >= 0.3 is 6.18 Å². The van der Waals surface area contributed by atoms with E-state index in [0.29, 0.717) is 22.7 Å². The van der Waals surface area contributed by atoms with Crippen molar-refractivity contribution in [2.75, 3.05) is 0 Å². The highest BCUT2D eigenvalue weighted by Crippen LogP contribution is 2.29. The number of amides is 1. The fourth-order valence-electron chi connectivity index (χ4n) is 2.56. The van der Waals surface area contributed by atoms with Crippen LogP contribution in [0.2, 0.25) is 5.02 Å². The molecule has 0 aliphatic heterocycles. The maximum Gasteiger partial charge on any atom is 0.417 e. The first-order valence-corrected chi connectivity index (χ1v) is 8.24. The Bertz CT molecular complexity index is 1030. The van der Waals surface area contributed by atoms with E-state index in [9.17, 15) is 22.8 Å². The van der Waals surface area contributed by atoms with Crippen molar-refractivity contribution >= 4 is 28.5 Å². The minimum Gasteiger partial charge on any atom is -0.345 e. The lowest BCUT2D eigenvalue weighted by Gasteiger charge is -2.14. The number of pyridine rings is 1. The number of aromatic nitrogens is 3. The van der Waals surface area contributed by atoms with Crippen LogP contribution in [0.3, 0.4) is 0 Å². The Morgan fingerprint density at radius 2 is 2.07 bits per heavy atom. The number of fused-ring (bicyclic) bond motifs is 1. The van der Waals surface area contributed by atoms with E-state index >= 15 is 0 Å². The molecule has 1 atom stereocenters. The van der Waals surface area contributed by atoms with Gasteiger partial charge in [-0.1, -0.05) is 23.7 Å². The van der Waals surface area contributed by atoms with E-state index in [2.05, 4.69) is 15.3 Å². The van der Waals surface area contributed by atoms with Crippen molar-refractivity contribution in [3.8, 4) is 0 Å². The fraction of sp³-hybridized carbons (Fsp3) is 0.235. The third kappa shape index (κ3) is 4.13. The van der Waals surface area contributed by atoms with Crippen molar-refractivity contribution in [2.45, 2.75) is 25.7 Å². The van der Waals surface area contributed by atoms with Crippen molar-refractivity contribution in [1.29, 1.82) is 0 Å². The summed E-state index contributed by atoms with van der Waals surface area (Å²) in [6.45, 7) is 1.06. The monoisotopic (exact) mass is 398 g/mol. The minimum absolute atomic E-state index is 0.485. The zero-order valence-corrected chi connectivity index (χ0v) is 14.7. The Balaban J connectivity index is 1.77. The van der Waals surface area contributed by atoms with E-state index < -0.39 is 40.8 Å². The standard InChI is InChI=1S/C17H14ClF3N4O2/c1-9(15-23-12-4-2-3-5-13(12)24-15)22-14(26)8-25-7-10(17(19,20)21)6-11(18)16(25)27/h2-7,9H,8H2,1H3,(H,22,26)(H,23,24). The van der Waals surface area contributed by atoms with Crippen LogP contribution in [0.5, 0.6) is 0 Å². The number of aromatic amines is 1. The predicted octanol–water partition coefficient (Wildman–Crippen LogP) is 3.27. The molecule has 0 fully saturated rings. The van der Waals surface area contributed by atoms with E-state index in [1.165, 1.54) is 0 Å². The predicted molar refractivity (Wildman–Crippen MR) is 93.4 cm³/mol. The number of imidazole rings is 1. The molecule has 10 heteroatoms. The van der Waals surface area contributed by atoms with Crippen molar-refractivity contribution in [2.24, 2.45) is 0 Å². The summed E-state index contributed by atoms with van der Waals surface area (Å²) in [5.74, 6) is -0.167. The first-order valence-electron chi connectivity index (χ1n) is 7.86. The lowest BCUT2D eigenvalue weighted by molar-refractivity contribution is -0.138. The number of alkyl halides is 3. The molecular weight excluding hydrogens is 385 g/mol. The summed E-state index contributed by atoms with van der Waals surface area (Å²) in [6.07, 6.45) is -4.11. The van der Waals surface area contributed by atoms with Crippen molar-refractivity contribution < 1.29 is 18.0 Å². The van der Waals surface area contributed by atoms with Gasteiger partial charge in [0.25, 0.3) is 5.56 Å². The van der Waals surface area contributed by atoms with Crippen LogP contribution in [0, 0.1) is 0 Å². The average molecular weight is 399 g/mol. The van der Waals surface area contributed by atoms with Crippen LogP contribution in [0.25, 0.3) is 11.0 Å². The summed E-state index contributed by atoms with van der Waals surface area (Å²) in [7, 11) is 0. The van der Waals surface area contributed by atoms with Crippen LogP contribution in [-0.4, -0.2) is 20.4 Å². The highest BCUT2D eigenvalue weighted by molar-refractivity contribution is 6.30. The largest absolute Gasteiger partial charge is 0.417 e. The topological polar surface area (TPSA) is 79.8 Å². The van der Waals surface area contributed by atoms with Crippen molar-refractivity contribution in [3.63, 3.8) is 0 Å². The molecule has 3 aromatic rings. The lowest BCUT2D eigenvalue weighted by atomic mass is 10.2. The minimum atomic E-state index is -4.68. The van der Waals surface area contributed by atoms with Gasteiger partial charge in [0, 0.05) is 6.20 Å². The van der Waals surface area contributed by atoms with E-state index in [1.807, 2.05) is 18.2 Å². The quantitative estimate of drug-likeness (QED) is 0.708. The first-order chi connectivity index (χ1) is 12.6. The van der Waals surface area contributed by atoms with Crippen LogP contribution >= 0.6 is 11.6 Å². The van der Waals surface area contributed by atoms with E-state index in [0.717, 1.165) is 11.0 Å². The molecule has 2 aromatic heterocycles. The summed E-state index contributed by atoms with van der Waals surface area (Å²) in [6, 6.07) is 7.27. The Morgan fingerprint density at radius 3 is 2.74 bits per heavy atom. The van der Waals surface area contributed by atoms with Gasteiger partial charge < -0.3 is 14.9 Å². The third-order valence-corrected chi connectivity index (χ3v) is 4.15. The zero-order valence-electron chi connectivity index (χ0n) is 14.0. The number of para-hydroxylation sites is 2. The summed E-state index contributed by atoms with van der Waals surface area (Å²) in [4.78, 5) is 31.5. The molecule has 0 aliphatic rings. The summed E-state index contributed by atoms with van der Waals surface area (Å²) >= 11 is 5.58. The molecule has 1 amide bonds. The lowest BCUT2D eigenvalue weighted by Crippen LogP contribution is -2.34. The molecule has 1 aromatic carbocycles. The van der Waals surface area contributed by atoms with Gasteiger partial charge in [0.1, 0.15) is 17.4 Å². The fourth-order valence-corrected chi connectivity index (χ4v) is 2.79. The molecule has 2 N–H and O–H groups in total. The third-order valence-electron chi connectivity index (χ3n) is 3.88. The maximum atomic E-state index is 12.9. The van der Waals surface area contributed by atoms with Crippen LogP contribution in [-0.2, 0) is 17.5 Å². The van der Waals surface area contributed by atoms with Gasteiger partial charge in [0.15, 0.2) is 0 Å². The van der Waals surface area contributed by atoms with Gasteiger partial charge in [-0.15, -0.1) is 0 Å². The van der Waals surface area contributed by atoms with Crippen LogP contribution < -0.4 is 10.9 Å². The van der Waals surface area contributed by atoms with Crippen LogP contribution in [0.1, 0.15) is 24.4 Å². The molecule has 2 heterocycles. The molecule has 1 unspecified atom stereocenters. The maximum absolute atomic E-state index is 12.9. The Labute approximate surface area is 156 Å². The van der Waals surface area contributed by atoms with Gasteiger partial charge in [0.2, 0.25) is 5.91 Å². The molecule has 6 nitrogen and oxygen atoms in total. The molecule has 0 radical (unpaired) electrons. The van der Waals surface area contributed by atoms with Gasteiger partial charge in [-0.2, -0.15) is 13.2 Å². The average Bonchev–Trinajstić information content (AvgIpc) is 3.02. The second kappa shape index (κ2) is 7.07. The van der Waals surface area contributed by atoms with Gasteiger partial charge in [-0.3, -0.25) is 9.59 Å².